The minimum absolute atomic E-state index is 0.0803. The first-order chi connectivity index (χ1) is 9.65. The fourth-order valence-corrected chi connectivity index (χ4v) is 2.82. The SMILES string of the molecule is COc1ccc(C)cc1C(=O)N1CCC(CCN)CC1. The van der Waals surface area contributed by atoms with Crippen molar-refractivity contribution < 1.29 is 9.53 Å². The van der Waals surface area contributed by atoms with Crippen molar-refractivity contribution in [2.24, 2.45) is 11.7 Å². The van der Waals surface area contributed by atoms with Gasteiger partial charge in [0.05, 0.1) is 12.7 Å². The quantitative estimate of drug-likeness (QED) is 0.917. The molecule has 1 saturated heterocycles. The molecule has 1 aromatic carbocycles. The maximum absolute atomic E-state index is 12.6. The van der Waals surface area contributed by atoms with Gasteiger partial charge in [0.1, 0.15) is 5.75 Å². The first kappa shape index (κ1) is 14.9. The third kappa shape index (κ3) is 3.31. The Labute approximate surface area is 120 Å². The Morgan fingerprint density at radius 1 is 1.40 bits per heavy atom. The summed E-state index contributed by atoms with van der Waals surface area (Å²) in [6.07, 6.45) is 3.17. The minimum Gasteiger partial charge on any atom is -0.496 e. The van der Waals surface area contributed by atoms with Gasteiger partial charge in [0.2, 0.25) is 0 Å². The molecule has 0 saturated carbocycles. The van der Waals surface area contributed by atoms with Gasteiger partial charge < -0.3 is 15.4 Å². The summed E-state index contributed by atoms with van der Waals surface area (Å²) in [4.78, 5) is 14.6. The summed E-state index contributed by atoms with van der Waals surface area (Å²) >= 11 is 0. The molecule has 1 amide bonds. The van der Waals surface area contributed by atoms with Gasteiger partial charge in [-0.2, -0.15) is 0 Å². The molecule has 0 spiro atoms. The predicted octanol–water partition coefficient (Wildman–Crippen LogP) is 2.20. The Hall–Kier alpha value is -1.55. The molecule has 4 nitrogen and oxygen atoms in total. The molecule has 0 atom stereocenters. The average molecular weight is 276 g/mol. The number of nitrogens with zero attached hydrogens (tertiary/aromatic N) is 1. The zero-order valence-corrected chi connectivity index (χ0v) is 12.4. The molecule has 2 N–H and O–H groups in total. The van der Waals surface area contributed by atoms with Gasteiger partial charge in [-0.05, 0) is 50.8 Å². The van der Waals surface area contributed by atoms with Crippen LogP contribution in [0, 0.1) is 12.8 Å². The summed E-state index contributed by atoms with van der Waals surface area (Å²) < 4.78 is 5.31. The zero-order chi connectivity index (χ0) is 14.5. The zero-order valence-electron chi connectivity index (χ0n) is 12.4. The van der Waals surface area contributed by atoms with Crippen molar-refractivity contribution in [3.8, 4) is 5.75 Å². The number of hydrogen-bond donors (Lipinski definition) is 1. The lowest BCUT2D eigenvalue weighted by atomic mass is 9.93. The Balaban J connectivity index is 2.07. The van der Waals surface area contributed by atoms with Crippen molar-refractivity contribution in [2.45, 2.75) is 26.2 Å². The van der Waals surface area contributed by atoms with Gasteiger partial charge in [-0.25, -0.2) is 0 Å². The normalized spacial score (nSPS) is 16.2. The molecule has 1 aliphatic rings. The molecule has 20 heavy (non-hydrogen) atoms. The summed E-state index contributed by atoms with van der Waals surface area (Å²) in [7, 11) is 1.61. The fourth-order valence-electron chi connectivity index (χ4n) is 2.82. The van der Waals surface area contributed by atoms with Crippen LogP contribution >= 0.6 is 0 Å². The Bertz CT molecular complexity index is 466. The Morgan fingerprint density at radius 3 is 2.70 bits per heavy atom. The third-order valence-electron chi connectivity index (χ3n) is 4.06. The highest BCUT2D eigenvalue weighted by atomic mass is 16.5. The Kier molecular flexibility index (Phi) is 5.01. The number of amides is 1. The summed E-state index contributed by atoms with van der Waals surface area (Å²) in [6.45, 7) is 4.37. The van der Waals surface area contributed by atoms with Crippen LogP contribution in [-0.4, -0.2) is 37.6 Å². The molecule has 110 valence electrons. The van der Waals surface area contributed by atoms with Crippen molar-refractivity contribution in [1.29, 1.82) is 0 Å². The number of carbonyl (C=O) groups excluding carboxylic acids is 1. The van der Waals surface area contributed by atoms with Crippen LogP contribution in [0.3, 0.4) is 0 Å². The lowest BCUT2D eigenvalue weighted by Gasteiger charge is -2.32. The molecule has 0 bridgehead atoms. The standard InChI is InChI=1S/C16H24N2O2/c1-12-3-4-15(20-2)14(11-12)16(19)18-9-6-13(5-8-17)7-10-18/h3-4,11,13H,5-10,17H2,1-2H3. The smallest absolute Gasteiger partial charge is 0.257 e. The second kappa shape index (κ2) is 6.75. The second-order valence-electron chi connectivity index (χ2n) is 5.52. The van der Waals surface area contributed by atoms with Gasteiger partial charge >= 0.3 is 0 Å². The van der Waals surface area contributed by atoms with Crippen LogP contribution in [0.5, 0.6) is 5.75 Å². The number of nitrogens with two attached hydrogens (primary N) is 1. The molecular weight excluding hydrogens is 252 g/mol. The number of aryl methyl sites for hydroxylation is 1. The lowest BCUT2D eigenvalue weighted by Crippen LogP contribution is -2.39. The van der Waals surface area contributed by atoms with Crippen LogP contribution < -0.4 is 10.5 Å². The molecule has 0 unspecified atom stereocenters. The Morgan fingerprint density at radius 2 is 2.10 bits per heavy atom. The van der Waals surface area contributed by atoms with E-state index in [1.807, 2.05) is 30.0 Å². The molecule has 4 heteroatoms. The highest BCUT2D eigenvalue weighted by Gasteiger charge is 2.25. The maximum atomic E-state index is 12.6. The minimum atomic E-state index is 0.0803. The monoisotopic (exact) mass is 276 g/mol. The summed E-state index contributed by atoms with van der Waals surface area (Å²) in [5.41, 5.74) is 7.35. The van der Waals surface area contributed by atoms with Gasteiger partial charge in [0.25, 0.3) is 5.91 Å². The molecular formula is C16H24N2O2. The van der Waals surface area contributed by atoms with E-state index in [9.17, 15) is 4.79 Å². The number of carbonyl (C=O) groups is 1. The fraction of sp³-hybridized carbons (Fsp3) is 0.562. The highest BCUT2D eigenvalue weighted by molar-refractivity contribution is 5.97. The van der Waals surface area contributed by atoms with Gasteiger partial charge in [-0.15, -0.1) is 0 Å². The first-order valence-electron chi connectivity index (χ1n) is 7.29. The van der Waals surface area contributed by atoms with Crippen molar-refractivity contribution in [1.82, 2.24) is 4.90 Å². The second-order valence-corrected chi connectivity index (χ2v) is 5.52. The van der Waals surface area contributed by atoms with E-state index in [0.717, 1.165) is 44.5 Å². The molecule has 2 rings (SSSR count). The highest BCUT2D eigenvalue weighted by Crippen LogP contribution is 2.25. The summed E-state index contributed by atoms with van der Waals surface area (Å²) in [5, 5.41) is 0. The molecule has 1 fully saturated rings. The van der Waals surface area contributed by atoms with E-state index in [1.165, 1.54) is 0 Å². The average Bonchev–Trinajstić information content (AvgIpc) is 2.47. The molecule has 1 heterocycles. The maximum Gasteiger partial charge on any atom is 0.257 e. The van der Waals surface area contributed by atoms with Crippen LogP contribution in [0.15, 0.2) is 18.2 Å². The van der Waals surface area contributed by atoms with Crippen molar-refractivity contribution in [2.75, 3.05) is 26.7 Å². The largest absolute Gasteiger partial charge is 0.496 e. The number of benzene rings is 1. The first-order valence-corrected chi connectivity index (χ1v) is 7.29. The van der Waals surface area contributed by atoms with E-state index >= 15 is 0 Å². The van der Waals surface area contributed by atoms with Gasteiger partial charge in [0.15, 0.2) is 0 Å². The van der Waals surface area contributed by atoms with E-state index in [2.05, 4.69) is 0 Å². The molecule has 0 aliphatic carbocycles. The number of ether oxygens (including phenoxy) is 1. The number of piperidine rings is 1. The molecule has 0 aromatic heterocycles. The van der Waals surface area contributed by atoms with E-state index in [1.54, 1.807) is 7.11 Å². The number of methoxy groups -OCH3 is 1. The van der Waals surface area contributed by atoms with Crippen molar-refractivity contribution in [3.63, 3.8) is 0 Å². The predicted molar refractivity (Wildman–Crippen MR) is 80.0 cm³/mol. The topological polar surface area (TPSA) is 55.6 Å². The van der Waals surface area contributed by atoms with E-state index < -0.39 is 0 Å². The summed E-state index contributed by atoms with van der Waals surface area (Å²) in [6, 6.07) is 5.74. The molecule has 1 aliphatic heterocycles. The third-order valence-corrected chi connectivity index (χ3v) is 4.06. The van der Waals surface area contributed by atoms with Crippen molar-refractivity contribution >= 4 is 5.91 Å². The number of hydrogen-bond acceptors (Lipinski definition) is 3. The van der Waals surface area contributed by atoms with E-state index in [0.29, 0.717) is 17.2 Å². The van der Waals surface area contributed by atoms with E-state index in [-0.39, 0.29) is 5.91 Å². The lowest BCUT2D eigenvalue weighted by molar-refractivity contribution is 0.0684. The molecule has 1 aromatic rings. The van der Waals surface area contributed by atoms with Crippen LogP contribution in [0.4, 0.5) is 0 Å². The van der Waals surface area contributed by atoms with E-state index in [4.69, 9.17) is 10.5 Å². The van der Waals surface area contributed by atoms with Gasteiger partial charge in [-0.3, -0.25) is 4.79 Å². The van der Waals surface area contributed by atoms with Crippen LogP contribution in [0.25, 0.3) is 0 Å². The van der Waals surface area contributed by atoms with Crippen LogP contribution in [0.2, 0.25) is 0 Å². The number of rotatable bonds is 4. The van der Waals surface area contributed by atoms with Crippen LogP contribution in [0.1, 0.15) is 35.2 Å². The van der Waals surface area contributed by atoms with Gasteiger partial charge in [0, 0.05) is 13.1 Å². The summed E-state index contributed by atoms with van der Waals surface area (Å²) in [5.74, 6) is 1.41. The van der Waals surface area contributed by atoms with Gasteiger partial charge in [-0.1, -0.05) is 11.6 Å². The van der Waals surface area contributed by atoms with Crippen LogP contribution in [-0.2, 0) is 0 Å². The number of likely N-dealkylation sites (tertiary alicyclic amines) is 1. The van der Waals surface area contributed by atoms with Crippen molar-refractivity contribution in [3.05, 3.63) is 29.3 Å². The molecule has 0 radical (unpaired) electrons.